The summed E-state index contributed by atoms with van der Waals surface area (Å²) >= 11 is 0. The van der Waals surface area contributed by atoms with Crippen LogP contribution in [0.15, 0.2) is 53.4 Å². The van der Waals surface area contributed by atoms with Gasteiger partial charge in [0.25, 0.3) is 5.91 Å². The summed E-state index contributed by atoms with van der Waals surface area (Å²) in [5.41, 5.74) is 1.48. The first-order chi connectivity index (χ1) is 12.9. The molecule has 146 valence electrons. The van der Waals surface area contributed by atoms with Crippen LogP contribution in [0, 0.1) is 0 Å². The van der Waals surface area contributed by atoms with Crippen molar-refractivity contribution >= 4 is 15.9 Å². The molecule has 2 N–H and O–H groups in total. The van der Waals surface area contributed by atoms with Gasteiger partial charge < -0.3 is 10.1 Å². The Balaban J connectivity index is 1.93. The van der Waals surface area contributed by atoms with Gasteiger partial charge in [0, 0.05) is 18.2 Å². The van der Waals surface area contributed by atoms with E-state index in [0.29, 0.717) is 24.9 Å². The van der Waals surface area contributed by atoms with Crippen LogP contribution in [-0.4, -0.2) is 34.0 Å². The third-order valence-electron chi connectivity index (χ3n) is 4.23. The summed E-state index contributed by atoms with van der Waals surface area (Å²) in [7, 11) is -1.95. The van der Waals surface area contributed by atoms with E-state index in [1.54, 1.807) is 7.11 Å². The van der Waals surface area contributed by atoms with Crippen LogP contribution in [0.4, 0.5) is 0 Å². The molecule has 0 heterocycles. The van der Waals surface area contributed by atoms with E-state index in [0.717, 1.165) is 11.3 Å². The van der Waals surface area contributed by atoms with Gasteiger partial charge in [-0.1, -0.05) is 19.1 Å². The first kappa shape index (κ1) is 20.9. The molecule has 6 nitrogen and oxygen atoms in total. The minimum atomic E-state index is -3.57. The van der Waals surface area contributed by atoms with E-state index in [1.165, 1.54) is 24.3 Å². The molecule has 0 saturated carbocycles. The molecule has 0 spiro atoms. The van der Waals surface area contributed by atoms with Gasteiger partial charge in [-0.25, -0.2) is 13.1 Å². The molecule has 0 aliphatic rings. The lowest BCUT2D eigenvalue weighted by atomic mass is 10.1. The largest absolute Gasteiger partial charge is 0.497 e. The van der Waals surface area contributed by atoms with Crippen molar-refractivity contribution in [3.05, 3.63) is 59.7 Å². The molecule has 2 aromatic rings. The molecule has 2 aromatic carbocycles. The van der Waals surface area contributed by atoms with E-state index in [1.807, 2.05) is 38.1 Å². The summed E-state index contributed by atoms with van der Waals surface area (Å²) in [4.78, 5) is 12.4. The van der Waals surface area contributed by atoms with Crippen molar-refractivity contribution in [1.82, 2.24) is 10.0 Å². The van der Waals surface area contributed by atoms with Crippen LogP contribution in [0.1, 0.15) is 36.2 Å². The molecule has 27 heavy (non-hydrogen) atoms. The van der Waals surface area contributed by atoms with Gasteiger partial charge >= 0.3 is 0 Å². The number of amides is 1. The molecule has 0 radical (unpaired) electrons. The monoisotopic (exact) mass is 390 g/mol. The van der Waals surface area contributed by atoms with Crippen LogP contribution in [0.3, 0.4) is 0 Å². The predicted octanol–water partition coefficient (Wildman–Crippen LogP) is 2.74. The standard InChI is InChI=1S/C20H26N2O4S/c1-4-15(2)22-27(24,25)19-10-8-17(9-11-19)20(23)21-13-12-16-6-5-7-18(14-16)26-3/h5-11,14-15,22H,4,12-13H2,1-3H3,(H,21,23). The molecule has 1 atom stereocenters. The molecule has 7 heteroatoms. The number of ether oxygens (including phenoxy) is 1. The summed E-state index contributed by atoms with van der Waals surface area (Å²) < 4.78 is 32.3. The molecule has 0 aliphatic carbocycles. The lowest BCUT2D eigenvalue weighted by Gasteiger charge is -2.12. The predicted molar refractivity (Wildman–Crippen MR) is 106 cm³/mol. The van der Waals surface area contributed by atoms with Gasteiger partial charge in [-0.05, 0) is 61.7 Å². The topological polar surface area (TPSA) is 84.5 Å². The van der Waals surface area contributed by atoms with Gasteiger partial charge in [0.2, 0.25) is 10.0 Å². The van der Waals surface area contributed by atoms with Crippen molar-refractivity contribution in [2.24, 2.45) is 0 Å². The van der Waals surface area contributed by atoms with Crippen molar-refractivity contribution in [2.75, 3.05) is 13.7 Å². The van der Waals surface area contributed by atoms with Crippen molar-refractivity contribution in [3.8, 4) is 5.75 Å². The highest BCUT2D eigenvalue weighted by Gasteiger charge is 2.17. The van der Waals surface area contributed by atoms with Crippen molar-refractivity contribution < 1.29 is 17.9 Å². The highest BCUT2D eigenvalue weighted by Crippen LogP contribution is 2.13. The zero-order valence-corrected chi connectivity index (χ0v) is 16.7. The number of carbonyl (C=O) groups is 1. The maximum absolute atomic E-state index is 12.2. The normalized spacial score (nSPS) is 12.4. The molecular weight excluding hydrogens is 364 g/mol. The smallest absolute Gasteiger partial charge is 0.251 e. The highest BCUT2D eigenvalue weighted by atomic mass is 32.2. The molecule has 0 fully saturated rings. The number of hydrogen-bond donors (Lipinski definition) is 2. The molecule has 0 aliphatic heterocycles. The molecule has 0 bridgehead atoms. The number of rotatable bonds is 9. The van der Waals surface area contributed by atoms with Crippen LogP contribution in [0.25, 0.3) is 0 Å². The Morgan fingerprint density at radius 3 is 2.48 bits per heavy atom. The average molecular weight is 391 g/mol. The third-order valence-corrected chi connectivity index (χ3v) is 5.83. The number of sulfonamides is 1. The van der Waals surface area contributed by atoms with Crippen molar-refractivity contribution in [2.45, 2.75) is 37.6 Å². The van der Waals surface area contributed by atoms with E-state index >= 15 is 0 Å². The zero-order valence-electron chi connectivity index (χ0n) is 15.9. The number of nitrogens with one attached hydrogen (secondary N) is 2. The second-order valence-electron chi connectivity index (χ2n) is 6.31. The molecule has 1 unspecified atom stereocenters. The first-order valence-corrected chi connectivity index (χ1v) is 10.4. The Bertz CT molecular complexity index is 864. The van der Waals surface area contributed by atoms with Gasteiger partial charge in [-0.3, -0.25) is 4.79 Å². The zero-order chi connectivity index (χ0) is 19.9. The lowest BCUT2D eigenvalue weighted by Crippen LogP contribution is -2.32. The highest BCUT2D eigenvalue weighted by molar-refractivity contribution is 7.89. The third kappa shape index (κ3) is 6.08. The van der Waals surface area contributed by atoms with Crippen LogP contribution in [-0.2, 0) is 16.4 Å². The summed E-state index contributed by atoms with van der Waals surface area (Å²) in [6, 6.07) is 13.5. The molecule has 1 amide bonds. The van der Waals surface area contributed by atoms with Gasteiger partial charge in [0.1, 0.15) is 5.75 Å². The van der Waals surface area contributed by atoms with Gasteiger partial charge in [-0.2, -0.15) is 0 Å². The van der Waals surface area contributed by atoms with Gasteiger partial charge in [-0.15, -0.1) is 0 Å². The van der Waals surface area contributed by atoms with Crippen LogP contribution in [0.5, 0.6) is 5.75 Å². The lowest BCUT2D eigenvalue weighted by molar-refractivity contribution is 0.0954. The Labute approximate surface area is 161 Å². The van der Waals surface area contributed by atoms with Crippen molar-refractivity contribution in [1.29, 1.82) is 0 Å². The van der Waals surface area contributed by atoms with E-state index in [4.69, 9.17) is 4.74 Å². The summed E-state index contributed by atoms with van der Waals surface area (Å²) in [6.45, 7) is 4.19. The van der Waals surface area contributed by atoms with Crippen molar-refractivity contribution in [3.63, 3.8) is 0 Å². The maximum atomic E-state index is 12.2. The van der Waals surface area contributed by atoms with Gasteiger partial charge in [0.05, 0.1) is 12.0 Å². The fourth-order valence-corrected chi connectivity index (χ4v) is 3.78. The second kappa shape index (κ2) is 9.53. The summed E-state index contributed by atoms with van der Waals surface area (Å²) in [5.74, 6) is 0.540. The minimum absolute atomic E-state index is 0.144. The fraction of sp³-hybridized carbons (Fsp3) is 0.350. The molecular formula is C20H26N2O4S. The summed E-state index contributed by atoms with van der Waals surface area (Å²) in [5, 5.41) is 2.84. The van der Waals surface area contributed by atoms with Gasteiger partial charge in [0.15, 0.2) is 0 Å². The average Bonchev–Trinajstić information content (AvgIpc) is 2.67. The minimum Gasteiger partial charge on any atom is -0.497 e. The molecule has 0 aromatic heterocycles. The first-order valence-electron chi connectivity index (χ1n) is 8.89. The van der Waals surface area contributed by atoms with Crippen LogP contribution in [0.2, 0.25) is 0 Å². The summed E-state index contributed by atoms with van der Waals surface area (Å²) in [6.07, 6.45) is 1.38. The van der Waals surface area contributed by atoms with E-state index < -0.39 is 10.0 Å². The Kier molecular flexibility index (Phi) is 7.38. The second-order valence-corrected chi connectivity index (χ2v) is 8.03. The number of methoxy groups -OCH3 is 1. The van der Waals surface area contributed by atoms with E-state index in [-0.39, 0.29) is 16.8 Å². The number of hydrogen-bond acceptors (Lipinski definition) is 4. The maximum Gasteiger partial charge on any atom is 0.251 e. The van der Waals surface area contributed by atoms with Crippen LogP contribution >= 0.6 is 0 Å². The Hall–Kier alpha value is -2.38. The van der Waals surface area contributed by atoms with E-state index in [9.17, 15) is 13.2 Å². The van der Waals surface area contributed by atoms with Crippen LogP contribution < -0.4 is 14.8 Å². The number of carbonyl (C=O) groups excluding carboxylic acids is 1. The Morgan fingerprint density at radius 1 is 1.15 bits per heavy atom. The SMILES string of the molecule is CCC(C)NS(=O)(=O)c1ccc(C(=O)NCCc2cccc(OC)c2)cc1. The molecule has 2 rings (SSSR count). The van der Waals surface area contributed by atoms with E-state index in [2.05, 4.69) is 10.0 Å². The quantitative estimate of drug-likeness (QED) is 0.689. The number of benzene rings is 2. The Morgan fingerprint density at radius 2 is 1.85 bits per heavy atom. The molecule has 0 saturated heterocycles. The fourth-order valence-electron chi connectivity index (χ4n) is 2.45.